The molecule has 1 aromatic heterocycles. The van der Waals surface area contributed by atoms with E-state index >= 15 is 0 Å². The van der Waals surface area contributed by atoms with Gasteiger partial charge >= 0.3 is 0 Å². The number of hydrogen-bond acceptors (Lipinski definition) is 3. The summed E-state index contributed by atoms with van der Waals surface area (Å²) < 4.78 is 0. The molecule has 3 rings (SSSR count). The van der Waals surface area contributed by atoms with E-state index in [9.17, 15) is 4.79 Å². The van der Waals surface area contributed by atoms with Gasteiger partial charge < -0.3 is 10.6 Å². The Hall–Kier alpha value is -1.36. The fourth-order valence-corrected chi connectivity index (χ4v) is 3.48. The van der Waals surface area contributed by atoms with Crippen molar-refractivity contribution in [2.45, 2.75) is 25.8 Å². The Morgan fingerprint density at radius 3 is 2.55 bits per heavy atom. The van der Waals surface area contributed by atoms with Gasteiger partial charge in [-0.25, -0.2) is 0 Å². The Labute approximate surface area is 141 Å². The fraction of sp³-hybridized carbons (Fsp3) is 0.353. The van der Waals surface area contributed by atoms with Crippen molar-refractivity contribution >= 4 is 29.7 Å². The molecule has 3 nitrogen and oxygen atoms in total. The average molecular weight is 337 g/mol. The molecule has 0 saturated carbocycles. The molecular weight excluding hydrogens is 316 g/mol. The number of benzene rings is 1. The van der Waals surface area contributed by atoms with Crippen LogP contribution in [0, 0.1) is 6.92 Å². The van der Waals surface area contributed by atoms with Crippen molar-refractivity contribution in [2.24, 2.45) is 0 Å². The topological polar surface area (TPSA) is 41.1 Å². The Morgan fingerprint density at radius 1 is 1.18 bits per heavy atom. The van der Waals surface area contributed by atoms with Crippen molar-refractivity contribution in [3.05, 3.63) is 46.2 Å². The second kappa shape index (κ2) is 7.77. The van der Waals surface area contributed by atoms with Gasteiger partial charge in [0.05, 0.1) is 4.88 Å². The summed E-state index contributed by atoms with van der Waals surface area (Å²) in [4.78, 5) is 13.3. The van der Waals surface area contributed by atoms with Crippen LogP contribution in [-0.2, 0) is 0 Å². The van der Waals surface area contributed by atoms with Crippen molar-refractivity contribution in [1.29, 1.82) is 0 Å². The van der Waals surface area contributed by atoms with E-state index in [1.54, 1.807) is 0 Å². The second-order valence-electron chi connectivity index (χ2n) is 5.53. The summed E-state index contributed by atoms with van der Waals surface area (Å²) in [5.41, 5.74) is 3.37. The predicted octanol–water partition coefficient (Wildman–Crippen LogP) is 3.63. The highest BCUT2D eigenvalue weighted by Crippen LogP contribution is 2.28. The maximum absolute atomic E-state index is 12.5. The van der Waals surface area contributed by atoms with E-state index in [4.69, 9.17) is 0 Å². The molecule has 22 heavy (non-hydrogen) atoms. The third-order valence-corrected chi connectivity index (χ3v) is 4.82. The first-order chi connectivity index (χ1) is 10.2. The number of carbonyl (C=O) groups is 1. The van der Waals surface area contributed by atoms with Crippen LogP contribution >= 0.6 is 23.7 Å². The molecule has 2 heterocycles. The summed E-state index contributed by atoms with van der Waals surface area (Å²) >= 11 is 1.52. The molecule has 0 bridgehead atoms. The highest BCUT2D eigenvalue weighted by molar-refractivity contribution is 7.12. The van der Waals surface area contributed by atoms with E-state index in [1.807, 2.05) is 11.4 Å². The molecule has 1 saturated heterocycles. The number of halogens is 1. The molecule has 0 atom stereocenters. The zero-order chi connectivity index (χ0) is 14.7. The highest BCUT2D eigenvalue weighted by atomic mass is 35.5. The Balaban J connectivity index is 0.00000176. The van der Waals surface area contributed by atoms with Crippen molar-refractivity contribution in [1.82, 2.24) is 10.6 Å². The quantitative estimate of drug-likeness (QED) is 0.898. The molecule has 1 aliphatic rings. The van der Waals surface area contributed by atoms with E-state index in [0.717, 1.165) is 41.9 Å². The number of thiophene rings is 1. The number of amides is 1. The summed E-state index contributed by atoms with van der Waals surface area (Å²) in [5, 5.41) is 8.48. The maximum Gasteiger partial charge on any atom is 0.262 e. The van der Waals surface area contributed by atoms with Crippen LogP contribution in [0.25, 0.3) is 11.1 Å². The first kappa shape index (κ1) is 17.0. The maximum atomic E-state index is 12.5. The SMILES string of the molecule is Cc1ccc(-c2ccsc2C(=O)NC2CCNCC2)cc1.Cl. The summed E-state index contributed by atoms with van der Waals surface area (Å²) in [7, 11) is 0. The standard InChI is InChI=1S/C17H20N2OS.ClH/c1-12-2-4-13(5-3-12)15-8-11-21-16(15)17(20)19-14-6-9-18-10-7-14;/h2-5,8,11,14,18H,6-7,9-10H2,1H3,(H,19,20);1H. The Morgan fingerprint density at radius 2 is 1.86 bits per heavy atom. The van der Waals surface area contributed by atoms with E-state index in [-0.39, 0.29) is 18.3 Å². The zero-order valence-corrected chi connectivity index (χ0v) is 14.2. The molecule has 5 heteroatoms. The van der Waals surface area contributed by atoms with Crippen molar-refractivity contribution in [2.75, 3.05) is 13.1 Å². The first-order valence-corrected chi connectivity index (χ1v) is 8.28. The van der Waals surface area contributed by atoms with Crippen LogP contribution < -0.4 is 10.6 Å². The molecule has 0 spiro atoms. The molecular formula is C17H21ClN2OS. The molecule has 0 unspecified atom stereocenters. The first-order valence-electron chi connectivity index (χ1n) is 7.40. The van der Waals surface area contributed by atoms with Crippen molar-refractivity contribution < 1.29 is 4.79 Å². The molecule has 1 aliphatic heterocycles. The largest absolute Gasteiger partial charge is 0.348 e. The van der Waals surface area contributed by atoms with Gasteiger partial charge in [0, 0.05) is 11.6 Å². The summed E-state index contributed by atoms with van der Waals surface area (Å²) in [5.74, 6) is 0.0625. The number of hydrogen-bond donors (Lipinski definition) is 2. The van der Waals surface area contributed by atoms with Gasteiger partial charge in [0.15, 0.2) is 0 Å². The lowest BCUT2D eigenvalue weighted by Crippen LogP contribution is -2.42. The number of rotatable bonds is 3. The van der Waals surface area contributed by atoms with Gasteiger partial charge in [-0.3, -0.25) is 4.79 Å². The van der Waals surface area contributed by atoms with E-state index in [1.165, 1.54) is 16.9 Å². The van der Waals surface area contributed by atoms with Crippen LogP contribution in [0.3, 0.4) is 0 Å². The zero-order valence-electron chi connectivity index (χ0n) is 12.6. The third-order valence-electron chi connectivity index (χ3n) is 3.91. The van der Waals surface area contributed by atoms with Gasteiger partial charge in [-0.1, -0.05) is 29.8 Å². The van der Waals surface area contributed by atoms with Crippen molar-refractivity contribution in [3.8, 4) is 11.1 Å². The molecule has 118 valence electrons. The van der Waals surface area contributed by atoms with E-state index < -0.39 is 0 Å². The molecule has 0 radical (unpaired) electrons. The number of carbonyl (C=O) groups excluding carboxylic acids is 1. The Bertz CT molecular complexity index is 618. The van der Waals surface area contributed by atoms with Gasteiger partial charge in [-0.2, -0.15) is 0 Å². The number of piperidine rings is 1. The number of aryl methyl sites for hydroxylation is 1. The van der Waals surface area contributed by atoms with E-state index in [2.05, 4.69) is 41.8 Å². The van der Waals surface area contributed by atoms with E-state index in [0.29, 0.717) is 6.04 Å². The lowest BCUT2D eigenvalue weighted by molar-refractivity contribution is 0.0934. The third kappa shape index (κ3) is 3.88. The monoisotopic (exact) mass is 336 g/mol. The summed E-state index contributed by atoms with van der Waals surface area (Å²) in [6.07, 6.45) is 2.02. The van der Waals surface area contributed by atoms with Gasteiger partial charge in [0.25, 0.3) is 5.91 Å². The normalized spacial score (nSPS) is 15.1. The Kier molecular flexibility index (Phi) is 6.00. The van der Waals surface area contributed by atoms with Gasteiger partial charge in [0.2, 0.25) is 0 Å². The molecule has 1 aromatic carbocycles. The molecule has 2 N–H and O–H groups in total. The minimum Gasteiger partial charge on any atom is -0.348 e. The average Bonchev–Trinajstić information content (AvgIpc) is 2.98. The smallest absolute Gasteiger partial charge is 0.262 e. The van der Waals surface area contributed by atoms with Gasteiger partial charge in [-0.15, -0.1) is 23.7 Å². The van der Waals surface area contributed by atoms with Crippen LogP contribution in [0.15, 0.2) is 35.7 Å². The molecule has 2 aromatic rings. The number of nitrogens with one attached hydrogen (secondary N) is 2. The van der Waals surface area contributed by atoms with Gasteiger partial charge in [0.1, 0.15) is 0 Å². The van der Waals surface area contributed by atoms with Crippen LogP contribution in [0.2, 0.25) is 0 Å². The summed E-state index contributed by atoms with van der Waals surface area (Å²) in [6.45, 7) is 4.04. The minimum absolute atomic E-state index is 0. The molecule has 1 amide bonds. The molecule has 1 fully saturated rings. The van der Waals surface area contributed by atoms with Crippen LogP contribution in [0.1, 0.15) is 28.1 Å². The molecule has 0 aliphatic carbocycles. The summed E-state index contributed by atoms with van der Waals surface area (Å²) in [6, 6.07) is 10.7. The lowest BCUT2D eigenvalue weighted by atomic mass is 10.0. The van der Waals surface area contributed by atoms with Crippen LogP contribution in [-0.4, -0.2) is 25.0 Å². The van der Waals surface area contributed by atoms with Crippen molar-refractivity contribution in [3.63, 3.8) is 0 Å². The van der Waals surface area contributed by atoms with Crippen LogP contribution in [0.4, 0.5) is 0 Å². The lowest BCUT2D eigenvalue weighted by Gasteiger charge is -2.23. The second-order valence-corrected chi connectivity index (χ2v) is 6.44. The predicted molar refractivity (Wildman–Crippen MR) is 95.1 cm³/mol. The highest BCUT2D eigenvalue weighted by Gasteiger charge is 2.19. The van der Waals surface area contributed by atoms with Gasteiger partial charge in [-0.05, 0) is 49.9 Å². The minimum atomic E-state index is 0. The van der Waals surface area contributed by atoms with Crippen LogP contribution in [0.5, 0.6) is 0 Å². The fourth-order valence-electron chi connectivity index (χ4n) is 2.66.